The van der Waals surface area contributed by atoms with E-state index in [2.05, 4.69) is 0 Å². The third kappa shape index (κ3) is 1.97. The van der Waals surface area contributed by atoms with Crippen LogP contribution < -0.4 is 9.80 Å². The Kier molecular flexibility index (Phi) is 2.56. The van der Waals surface area contributed by atoms with Crippen LogP contribution in [0.5, 0.6) is 0 Å². The standard InChI is InChI=1S/C12H13F3N2/c1-8-4-5-9-10(6-8)16(2)7-11(17(9)3)12(13,14)15/h4-7H,1-3H3. The summed E-state index contributed by atoms with van der Waals surface area (Å²) in [6.07, 6.45) is -3.23. The van der Waals surface area contributed by atoms with E-state index in [1.165, 1.54) is 16.8 Å². The lowest BCUT2D eigenvalue weighted by Crippen LogP contribution is -2.34. The summed E-state index contributed by atoms with van der Waals surface area (Å²) >= 11 is 0. The lowest BCUT2D eigenvalue weighted by molar-refractivity contribution is -0.0933. The summed E-state index contributed by atoms with van der Waals surface area (Å²) in [4.78, 5) is 2.68. The summed E-state index contributed by atoms with van der Waals surface area (Å²) in [7, 11) is 3.05. The third-order valence-corrected chi connectivity index (χ3v) is 2.84. The van der Waals surface area contributed by atoms with Crippen LogP contribution in [-0.2, 0) is 0 Å². The van der Waals surface area contributed by atoms with Gasteiger partial charge in [0, 0.05) is 20.3 Å². The zero-order valence-corrected chi connectivity index (χ0v) is 9.84. The Balaban J connectivity index is 2.53. The summed E-state index contributed by atoms with van der Waals surface area (Å²) in [6.45, 7) is 1.91. The zero-order chi connectivity index (χ0) is 12.8. The number of allylic oxidation sites excluding steroid dienone is 1. The fourth-order valence-electron chi connectivity index (χ4n) is 1.93. The minimum absolute atomic E-state index is 0.563. The van der Waals surface area contributed by atoms with Gasteiger partial charge in [0.25, 0.3) is 0 Å². The maximum Gasteiger partial charge on any atom is 0.432 e. The molecule has 0 bridgehead atoms. The van der Waals surface area contributed by atoms with Gasteiger partial charge in [-0.25, -0.2) is 0 Å². The minimum atomic E-state index is -4.34. The van der Waals surface area contributed by atoms with Crippen molar-refractivity contribution in [2.75, 3.05) is 23.9 Å². The summed E-state index contributed by atoms with van der Waals surface area (Å²) in [5.74, 6) is 0. The average Bonchev–Trinajstić information content (AvgIpc) is 2.21. The Morgan fingerprint density at radius 1 is 1.06 bits per heavy atom. The van der Waals surface area contributed by atoms with Crippen LogP contribution in [0.15, 0.2) is 30.1 Å². The van der Waals surface area contributed by atoms with E-state index in [0.717, 1.165) is 17.5 Å². The molecule has 0 amide bonds. The number of fused-ring (bicyclic) bond motifs is 1. The van der Waals surface area contributed by atoms with E-state index >= 15 is 0 Å². The fraction of sp³-hybridized carbons (Fsp3) is 0.333. The quantitative estimate of drug-likeness (QED) is 0.688. The Morgan fingerprint density at radius 2 is 1.71 bits per heavy atom. The monoisotopic (exact) mass is 242 g/mol. The highest BCUT2D eigenvalue weighted by molar-refractivity contribution is 5.77. The molecule has 0 fully saturated rings. The molecule has 1 aromatic carbocycles. The molecule has 0 N–H and O–H groups in total. The molecule has 1 aliphatic rings. The molecule has 2 rings (SSSR count). The van der Waals surface area contributed by atoms with Crippen molar-refractivity contribution in [3.05, 3.63) is 35.7 Å². The number of nitrogens with zero attached hydrogens (tertiary/aromatic N) is 2. The van der Waals surface area contributed by atoms with E-state index in [-0.39, 0.29) is 0 Å². The number of hydrogen-bond donors (Lipinski definition) is 0. The molecule has 0 spiro atoms. The molecule has 0 saturated heterocycles. The molecule has 1 aromatic rings. The second kappa shape index (κ2) is 3.68. The fourth-order valence-corrected chi connectivity index (χ4v) is 1.93. The highest BCUT2D eigenvalue weighted by Crippen LogP contribution is 2.40. The first-order valence-electron chi connectivity index (χ1n) is 5.17. The molecule has 0 aromatic heterocycles. The van der Waals surface area contributed by atoms with Crippen molar-refractivity contribution < 1.29 is 13.2 Å². The average molecular weight is 242 g/mol. The van der Waals surface area contributed by atoms with E-state index in [9.17, 15) is 13.2 Å². The molecule has 17 heavy (non-hydrogen) atoms. The molecule has 5 heteroatoms. The predicted molar refractivity (Wildman–Crippen MR) is 62.1 cm³/mol. The first-order valence-corrected chi connectivity index (χ1v) is 5.17. The van der Waals surface area contributed by atoms with Gasteiger partial charge in [0.2, 0.25) is 0 Å². The molecular formula is C12H13F3N2. The lowest BCUT2D eigenvalue weighted by Gasteiger charge is -2.34. The van der Waals surface area contributed by atoms with Gasteiger partial charge in [-0.3, -0.25) is 0 Å². The van der Waals surface area contributed by atoms with Crippen LogP contribution in [-0.4, -0.2) is 20.3 Å². The second-order valence-corrected chi connectivity index (χ2v) is 4.17. The van der Waals surface area contributed by atoms with Crippen molar-refractivity contribution in [2.45, 2.75) is 13.1 Å². The molecule has 2 nitrogen and oxygen atoms in total. The minimum Gasteiger partial charge on any atom is -0.347 e. The smallest absolute Gasteiger partial charge is 0.347 e. The van der Waals surface area contributed by atoms with Crippen molar-refractivity contribution in [1.29, 1.82) is 0 Å². The van der Waals surface area contributed by atoms with Crippen molar-refractivity contribution >= 4 is 11.4 Å². The zero-order valence-electron chi connectivity index (χ0n) is 9.84. The molecular weight excluding hydrogens is 229 g/mol. The highest BCUT2D eigenvalue weighted by Gasteiger charge is 2.39. The van der Waals surface area contributed by atoms with Crippen LogP contribution in [0.1, 0.15) is 5.56 Å². The summed E-state index contributed by atoms with van der Waals surface area (Å²) in [5, 5.41) is 0. The largest absolute Gasteiger partial charge is 0.432 e. The Bertz CT molecular complexity index is 477. The number of halogens is 3. The Morgan fingerprint density at radius 3 is 2.29 bits per heavy atom. The first-order chi connectivity index (χ1) is 7.80. The molecule has 0 unspecified atom stereocenters. The Hall–Kier alpha value is -1.65. The van der Waals surface area contributed by atoms with Crippen molar-refractivity contribution in [1.82, 2.24) is 0 Å². The van der Waals surface area contributed by atoms with Crippen molar-refractivity contribution in [3.8, 4) is 0 Å². The highest BCUT2D eigenvalue weighted by atomic mass is 19.4. The van der Waals surface area contributed by atoms with Crippen LogP contribution in [0.4, 0.5) is 24.5 Å². The van der Waals surface area contributed by atoms with Gasteiger partial charge in [-0.2, -0.15) is 13.2 Å². The van der Waals surface area contributed by atoms with Crippen LogP contribution in [0.3, 0.4) is 0 Å². The number of rotatable bonds is 0. The normalized spacial score (nSPS) is 15.8. The maximum atomic E-state index is 12.8. The van der Waals surface area contributed by atoms with Crippen LogP contribution in [0.2, 0.25) is 0 Å². The van der Waals surface area contributed by atoms with Crippen LogP contribution >= 0.6 is 0 Å². The van der Waals surface area contributed by atoms with E-state index in [4.69, 9.17) is 0 Å². The van der Waals surface area contributed by atoms with Gasteiger partial charge < -0.3 is 9.80 Å². The number of hydrogen-bond acceptors (Lipinski definition) is 2. The maximum absolute atomic E-state index is 12.8. The summed E-state index contributed by atoms with van der Waals surface area (Å²) < 4.78 is 38.4. The SMILES string of the molecule is Cc1ccc2c(c1)N(C)C=C(C(F)(F)F)N2C. The van der Waals surface area contributed by atoms with E-state index < -0.39 is 11.9 Å². The number of alkyl halides is 3. The third-order valence-electron chi connectivity index (χ3n) is 2.84. The van der Waals surface area contributed by atoms with Gasteiger partial charge in [-0.1, -0.05) is 6.07 Å². The molecule has 1 heterocycles. The van der Waals surface area contributed by atoms with E-state index in [1.807, 2.05) is 19.1 Å². The second-order valence-electron chi connectivity index (χ2n) is 4.17. The summed E-state index contributed by atoms with van der Waals surface area (Å²) in [6, 6.07) is 5.39. The van der Waals surface area contributed by atoms with Gasteiger partial charge >= 0.3 is 6.18 Å². The van der Waals surface area contributed by atoms with Gasteiger partial charge in [0.1, 0.15) is 5.70 Å². The van der Waals surface area contributed by atoms with E-state index in [1.54, 1.807) is 13.1 Å². The molecule has 0 aliphatic carbocycles. The van der Waals surface area contributed by atoms with Gasteiger partial charge in [0.15, 0.2) is 0 Å². The summed E-state index contributed by atoms with van der Waals surface area (Å²) in [5.41, 5.74) is 1.71. The molecule has 0 radical (unpaired) electrons. The molecule has 0 saturated carbocycles. The lowest BCUT2D eigenvalue weighted by atomic mass is 10.1. The number of aryl methyl sites for hydroxylation is 1. The topological polar surface area (TPSA) is 6.48 Å². The van der Waals surface area contributed by atoms with Crippen LogP contribution in [0, 0.1) is 6.92 Å². The molecule has 1 aliphatic heterocycles. The number of benzene rings is 1. The van der Waals surface area contributed by atoms with Gasteiger partial charge in [-0.15, -0.1) is 0 Å². The van der Waals surface area contributed by atoms with Gasteiger partial charge in [0.05, 0.1) is 11.4 Å². The van der Waals surface area contributed by atoms with Crippen molar-refractivity contribution in [2.24, 2.45) is 0 Å². The molecule has 92 valence electrons. The number of anilines is 2. The van der Waals surface area contributed by atoms with Crippen LogP contribution in [0.25, 0.3) is 0 Å². The molecule has 0 atom stereocenters. The predicted octanol–water partition coefficient (Wildman–Crippen LogP) is 3.28. The van der Waals surface area contributed by atoms with Gasteiger partial charge in [-0.05, 0) is 24.6 Å². The first kappa shape index (κ1) is 11.8. The Labute approximate surface area is 97.9 Å². The van der Waals surface area contributed by atoms with E-state index in [0.29, 0.717) is 5.69 Å². The van der Waals surface area contributed by atoms with Crippen molar-refractivity contribution in [3.63, 3.8) is 0 Å².